The third kappa shape index (κ3) is 2.53. The van der Waals surface area contributed by atoms with Crippen LogP contribution in [0.4, 0.5) is 5.69 Å². The molecule has 0 bridgehead atoms. The number of carbonyl (C=O) groups excluding carboxylic acids is 2. The number of imide groups is 1. The van der Waals surface area contributed by atoms with Gasteiger partial charge in [-0.2, -0.15) is 0 Å². The van der Waals surface area contributed by atoms with Gasteiger partial charge in [0.05, 0.1) is 28.2 Å². The molecule has 1 aromatic heterocycles. The van der Waals surface area contributed by atoms with E-state index in [1.807, 2.05) is 37.3 Å². The Morgan fingerprint density at radius 3 is 2.39 bits per heavy atom. The van der Waals surface area contributed by atoms with E-state index in [1.54, 1.807) is 11.3 Å². The van der Waals surface area contributed by atoms with Crippen LogP contribution in [0.2, 0.25) is 0 Å². The molecule has 1 saturated heterocycles. The van der Waals surface area contributed by atoms with Crippen LogP contribution in [0.3, 0.4) is 0 Å². The molecule has 5 heteroatoms. The first-order chi connectivity index (χ1) is 13.5. The van der Waals surface area contributed by atoms with Crippen molar-refractivity contribution in [2.24, 2.45) is 5.92 Å². The number of thiazole rings is 1. The molecule has 0 unspecified atom stereocenters. The second-order valence-corrected chi connectivity index (χ2v) is 8.85. The number of carbonyl (C=O) groups is 2. The van der Waals surface area contributed by atoms with Crippen LogP contribution in [-0.2, 0) is 16.0 Å². The number of anilines is 1. The van der Waals surface area contributed by atoms with Crippen LogP contribution in [0, 0.1) is 19.8 Å². The monoisotopic (exact) mass is 388 g/mol. The van der Waals surface area contributed by atoms with Gasteiger partial charge in [-0.3, -0.25) is 9.59 Å². The second kappa shape index (κ2) is 6.38. The summed E-state index contributed by atoms with van der Waals surface area (Å²) >= 11 is 1.56. The minimum Gasteiger partial charge on any atom is -0.274 e. The minimum absolute atomic E-state index is 0.0373. The molecular formula is C23H20N2O2S. The lowest BCUT2D eigenvalue weighted by Gasteiger charge is -2.30. The van der Waals surface area contributed by atoms with Gasteiger partial charge in [0.2, 0.25) is 11.8 Å². The average molecular weight is 388 g/mol. The molecule has 28 heavy (non-hydrogen) atoms. The Bertz CT molecular complexity index is 1070. The predicted molar refractivity (Wildman–Crippen MR) is 110 cm³/mol. The highest BCUT2D eigenvalue weighted by molar-refractivity contribution is 7.12. The lowest BCUT2D eigenvalue weighted by atomic mass is 9.72. The SMILES string of the molecule is Cc1ccc([C@@H]2Cc3nc(C)sc3[C@@H]3C(=O)N(c4ccccc4)C(=O)[C@H]23)cc1. The fraction of sp³-hybridized carbons (Fsp3) is 0.261. The summed E-state index contributed by atoms with van der Waals surface area (Å²) in [7, 11) is 0. The van der Waals surface area contributed by atoms with Crippen LogP contribution >= 0.6 is 11.3 Å². The van der Waals surface area contributed by atoms with Crippen LogP contribution < -0.4 is 4.90 Å². The Kier molecular flexibility index (Phi) is 3.95. The summed E-state index contributed by atoms with van der Waals surface area (Å²) < 4.78 is 0. The first kappa shape index (κ1) is 17.3. The molecule has 0 radical (unpaired) electrons. The van der Waals surface area contributed by atoms with Crippen LogP contribution in [0.25, 0.3) is 0 Å². The summed E-state index contributed by atoms with van der Waals surface area (Å²) in [6, 6.07) is 17.6. The molecule has 2 aliphatic rings. The third-order valence-electron chi connectivity index (χ3n) is 5.83. The fourth-order valence-corrected chi connectivity index (χ4v) is 5.65. The Morgan fingerprint density at radius 1 is 0.964 bits per heavy atom. The highest BCUT2D eigenvalue weighted by Gasteiger charge is 2.56. The molecule has 1 aliphatic heterocycles. The van der Waals surface area contributed by atoms with E-state index in [2.05, 4.69) is 31.2 Å². The fourth-order valence-electron chi connectivity index (χ4n) is 4.55. The van der Waals surface area contributed by atoms with Gasteiger partial charge >= 0.3 is 0 Å². The Morgan fingerprint density at radius 2 is 1.68 bits per heavy atom. The van der Waals surface area contributed by atoms with E-state index in [1.165, 1.54) is 10.5 Å². The maximum absolute atomic E-state index is 13.5. The topological polar surface area (TPSA) is 50.3 Å². The molecular weight excluding hydrogens is 368 g/mol. The first-order valence-corrected chi connectivity index (χ1v) is 10.3. The smallest absolute Gasteiger partial charge is 0.243 e. The molecule has 3 aromatic rings. The van der Waals surface area contributed by atoms with E-state index in [0.717, 1.165) is 21.1 Å². The number of benzene rings is 2. The quantitative estimate of drug-likeness (QED) is 0.613. The summed E-state index contributed by atoms with van der Waals surface area (Å²) in [6.45, 7) is 4.02. The molecule has 140 valence electrons. The van der Waals surface area contributed by atoms with Crippen LogP contribution in [0.5, 0.6) is 0 Å². The summed E-state index contributed by atoms with van der Waals surface area (Å²) in [5, 5.41) is 0.951. The van der Waals surface area contributed by atoms with Gasteiger partial charge in [-0.15, -0.1) is 11.3 Å². The lowest BCUT2D eigenvalue weighted by molar-refractivity contribution is -0.122. The third-order valence-corrected chi connectivity index (χ3v) is 6.93. The van der Waals surface area contributed by atoms with Crippen molar-refractivity contribution in [3.63, 3.8) is 0 Å². The maximum Gasteiger partial charge on any atom is 0.243 e. The van der Waals surface area contributed by atoms with E-state index < -0.39 is 5.92 Å². The van der Waals surface area contributed by atoms with Crippen LogP contribution in [0.15, 0.2) is 54.6 Å². The van der Waals surface area contributed by atoms with Gasteiger partial charge in [0.1, 0.15) is 0 Å². The summed E-state index contributed by atoms with van der Waals surface area (Å²) in [4.78, 5) is 34.0. The largest absolute Gasteiger partial charge is 0.274 e. The van der Waals surface area contributed by atoms with Crippen molar-refractivity contribution in [3.8, 4) is 0 Å². The molecule has 4 nitrogen and oxygen atoms in total. The number of amides is 2. The van der Waals surface area contributed by atoms with Gasteiger partial charge in [0, 0.05) is 10.8 Å². The molecule has 2 aromatic carbocycles. The van der Waals surface area contributed by atoms with Crippen molar-refractivity contribution in [1.29, 1.82) is 0 Å². The van der Waals surface area contributed by atoms with Gasteiger partial charge in [0.15, 0.2) is 0 Å². The Hall–Kier alpha value is -2.79. The number of aromatic nitrogens is 1. The Labute approximate surface area is 167 Å². The number of para-hydroxylation sites is 1. The standard InChI is InChI=1S/C23H20N2O2S/c1-13-8-10-15(11-9-13)17-12-18-21(28-14(2)24-18)20-19(17)22(26)25(23(20)27)16-6-4-3-5-7-16/h3-11,17,19-20H,12H2,1-2H3/t17-,19+,20+/m0/s1. The van der Waals surface area contributed by atoms with E-state index in [4.69, 9.17) is 4.98 Å². The van der Waals surface area contributed by atoms with E-state index >= 15 is 0 Å². The lowest BCUT2D eigenvalue weighted by Crippen LogP contribution is -2.32. The Balaban J connectivity index is 1.66. The first-order valence-electron chi connectivity index (χ1n) is 9.50. The molecule has 3 atom stereocenters. The number of nitrogens with zero attached hydrogens (tertiary/aromatic N) is 2. The van der Waals surface area contributed by atoms with E-state index in [0.29, 0.717) is 12.1 Å². The molecule has 2 heterocycles. The number of aryl methyl sites for hydroxylation is 2. The van der Waals surface area contributed by atoms with Crippen molar-refractivity contribution < 1.29 is 9.59 Å². The highest BCUT2D eigenvalue weighted by Crippen LogP contribution is 2.52. The van der Waals surface area contributed by atoms with Gasteiger partial charge in [-0.05, 0) is 38.0 Å². The van der Waals surface area contributed by atoms with Crippen molar-refractivity contribution >= 4 is 28.8 Å². The zero-order chi connectivity index (χ0) is 19.4. The number of hydrogen-bond acceptors (Lipinski definition) is 4. The average Bonchev–Trinajstić information content (AvgIpc) is 3.19. The normalized spacial score (nSPS) is 23.6. The second-order valence-electron chi connectivity index (χ2n) is 7.62. The zero-order valence-corrected chi connectivity index (χ0v) is 16.6. The van der Waals surface area contributed by atoms with Crippen molar-refractivity contribution in [3.05, 3.63) is 81.3 Å². The van der Waals surface area contributed by atoms with Crippen molar-refractivity contribution in [2.45, 2.75) is 32.1 Å². The molecule has 5 rings (SSSR count). The number of rotatable bonds is 2. The molecule has 1 aliphatic carbocycles. The summed E-state index contributed by atoms with van der Waals surface area (Å²) in [6.07, 6.45) is 0.700. The van der Waals surface area contributed by atoms with E-state index in [-0.39, 0.29) is 23.7 Å². The minimum atomic E-state index is -0.436. The van der Waals surface area contributed by atoms with Gasteiger partial charge < -0.3 is 0 Å². The van der Waals surface area contributed by atoms with E-state index in [9.17, 15) is 9.59 Å². The van der Waals surface area contributed by atoms with Crippen molar-refractivity contribution in [1.82, 2.24) is 4.98 Å². The summed E-state index contributed by atoms with van der Waals surface area (Å²) in [5.74, 6) is -1.06. The molecule has 2 amide bonds. The summed E-state index contributed by atoms with van der Waals surface area (Å²) in [5.41, 5.74) is 3.91. The van der Waals surface area contributed by atoms with Crippen LogP contribution in [0.1, 0.15) is 38.5 Å². The van der Waals surface area contributed by atoms with Gasteiger partial charge in [-0.25, -0.2) is 9.88 Å². The maximum atomic E-state index is 13.5. The van der Waals surface area contributed by atoms with Gasteiger partial charge in [0.25, 0.3) is 0 Å². The van der Waals surface area contributed by atoms with Crippen molar-refractivity contribution in [2.75, 3.05) is 4.90 Å². The molecule has 0 saturated carbocycles. The molecule has 0 spiro atoms. The molecule has 1 fully saturated rings. The predicted octanol–water partition coefficient (Wildman–Crippen LogP) is 4.37. The number of fused-ring (bicyclic) bond motifs is 3. The number of hydrogen-bond donors (Lipinski definition) is 0. The van der Waals surface area contributed by atoms with Gasteiger partial charge in [-0.1, -0.05) is 48.0 Å². The van der Waals surface area contributed by atoms with Crippen LogP contribution in [-0.4, -0.2) is 16.8 Å². The zero-order valence-electron chi connectivity index (χ0n) is 15.8. The molecule has 0 N–H and O–H groups in total. The highest BCUT2D eigenvalue weighted by atomic mass is 32.1.